The summed E-state index contributed by atoms with van der Waals surface area (Å²) in [5.41, 5.74) is -1.22. The van der Waals surface area contributed by atoms with E-state index in [1.807, 2.05) is 13.8 Å². The molecular formula is C16H23FO4. The predicted octanol–water partition coefficient (Wildman–Crippen LogP) is 2.88. The van der Waals surface area contributed by atoms with Crippen LogP contribution in [-0.4, -0.2) is 24.8 Å². The van der Waals surface area contributed by atoms with Crippen molar-refractivity contribution in [1.82, 2.24) is 0 Å². The number of aliphatic hydroxyl groups is 1. The minimum Gasteiger partial charge on any atom is -0.494 e. The van der Waals surface area contributed by atoms with Crippen LogP contribution in [0.2, 0.25) is 0 Å². The van der Waals surface area contributed by atoms with Gasteiger partial charge in [0.1, 0.15) is 5.60 Å². The largest absolute Gasteiger partial charge is 0.494 e. The van der Waals surface area contributed by atoms with E-state index in [9.17, 15) is 14.3 Å². The number of benzene rings is 1. The van der Waals surface area contributed by atoms with E-state index in [1.54, 1.807) is 13.0 Å². The first-order chi connectivity index (χ1) is 9.75. The maximum Gasteiger partial charge on any atom is 0.312 e. The molecule has 5 heteroatoms. The number of esters is 1. The molecule has 0 amide bonds. The van der Waals surface area contributed by atoms with Crippen LogP contribution in [0.5, 0.6) is 5.75 Å². The van der Waals surface area contributed by atoms with Gasteiger partial charge >= 0.3 is 5.97 Å². The van der Waals surface area contributed by atoms with Gasteiger partial charge in [-0.1, -0.05) is 19.9 Å². The van der Waals surface area contributed by atoms with Crippen LogP contribution < -0.4 is 4.74 Å². The van der Waals surface area contributed by atoms with Gasteiger partial charge in [0, 0.05) is 0 Å². The second-order valence-corrected chi connectivity index (χ2v) is 5.47. The molecule has 21 heavy (non-hydrogen) atoms. The molecule has 0 radical (unpaired) electrons. The SMILES string of the molecule is CCOC(=O)C(C(C)C)C(C)(O)c1ccc(OC)c(F)c1. The molecule has 4 nitrogen and oxygen atoms in total. The third kappa shape index (κ3) is 3.73. The summed E-state index contributed by atoms with van der Waals surface area (Å²) >= 11 is 0. The van der Waals surface area contributed by atoms with E-state index in [4.69, 9.17) is 9.47 Å². The van der Waals surface area contributed by atoms with Crippen molar-refractivity contribution in [3.63, 3.8) is 0 Å². The molecule has 0 fully saturated rings. The fourth-order valence-electron chi connectivity index (χ4n) is 2.54. The Labute approximate surface area is 124 Å². The van der Waals surface area contributed by atoms with Gasteiger partial charge < -0.3 is 14.6 Å². The van der Waals surface area contributed by atoms with E-state index < -0.39 is 23.3 Å². The number of methoxy groups -OCH3 is 1. The van der Waals surface area contributed by atoms with Crippen molar-refractivity contribution in [3.05, 3.63) is 29.6 Å². The van der Waals surface area contributed by atoms with E-state index >= 15 is 0 Å². The Morgan fingerprint density at radius 3 is 2.48 bits per heavy atom. The number of ether oxygens (including phenoxy) is 2. The summed E-state index contributed by atoms with van der Waals surface area (Å²) < 4.78 is 23.7. The van der Waals surface area contributed by atoms with Crippen LogP contribution >= 0.6 is 0 Å². The molecule has 0 aromatic heterocycles. The second kappa shape index (κ2) is 6.89. The molecule has 118 valence electrons. The molecule has 1 aromatic carbocycles. The summed E-state index contributed by atoms with van der Waals surface area (Å²) in [4.78, 5) is 12.1. The molecule has 0 aliphatic heterocycles. The summed E-state index contributed by atoms with van der Waals surface area (Å²) in [6.07, 6.45) is 0. The number of halogens is 1. The van der Waals surface area contributed by atoms with Gasteiger partial charge in [0.15, 0.2) is 11.6 Å². The van der Waals surface area contributed by atoms with Gasteiger partial charge in [0.2, 0.25) is 0 Å². The molecule has 1 aromatic rings. The lowest BCUT2D eigenvalue weighted by molar-refractivity contribution is -0.161. The number of carbonyl (C=O) groups excluding carboxylic acids is 1. The Balaban J connectivity index is 3.22. The Bertz CT molecular complexity index is 497. The standard InChI is InChI=1S/C16H23FO4/c1-6-21-15(18)14(10(2)3)16(4,19)11-7-8-13(20-5)12(17)9-11/h7-10,14,19H,6H2,1-5H3. The minimum atomic E-state index is -1.53. The van der Waals surface area contributed by atoms with E-state index in [0.29, 0.717) is 5.56 Å². The third-order valence-corrected chi connectivity index (χ3v) is 3.55. The average molecular weight is 298 g/mol. The van der Waals surface area contributed by atoms with Gasteiger partial charge in [-0.2, -0.15) is 0 Å². The van der Waals surface area contributed by atoms with Crippen molar-refractivity contribution in [2.75, 3.05) is 13.7 Å². The highest BCUT2D eigenvalue weighted by Gasteiger charge is 2.42. The smallest absolute Gasteiger partial charge is 0.312 e. The number of carbonyl (C=O) groups is 1. The molecule has 0 aliphatic rings. The zero-order valence-electron chi connectivity index (χ0n) is 13.1. The van der Waals surface area contributed by atoms with Crippen LogP contribution in [0.4, 0.5) is 4.39 Å². The summed E-state index contributed by atoms with van der Waals surface area (Å²) in [6, 6.07) is 4.17. The van der Waals surface area contributed by atoms with Crippen molar-refractivity contribution in [3.8, 4) is 5.75 Å². The Morgan fingerprint density at radius 1 is 1.43 bits per heavy atom. The monoisotopic (exact) mass is 298 g/mol. The maximum absolute atomic E-state index is 13.8. The van der Waals surface area contributed by atoms with Gasteiger partial charge in [0.25, 0.3) is 0 Å². The number of hydrogen-bond acceptors (Lipinski definition) is 4. The summed E-state index contributed by atoms with van der Waals surface area (Å²) in [5, 5.41) is 10.8. The second-order valence-electron chi connectivity index (χ2n) is 5.47. The summed E-state index contributed by atoms with van der Waals surface area (Å²) in [7, 11) is 1.37. The first kappa shape index (κ1) is 17.4. The van der Waals surface area contributed by atoms with Gasteiger partial charge in [-0.3, -0.25) is 4.79 Å². The van der Waals surface area contributed by atoms with Gasteiger partial charge in [-0.05, 0) is 37.5 Å². The van der Waals surface area contributed by atoms with Crippen LogP contribution in [0.15, 0.2) is 18.2 Å². The van der Waals surface area contributed by atoms with E-state index in [1.165, 1.54) is 26.2 Å². The molecule has 1 rings (SSSR count). The highest BCUT2D eigenvalue weighted by molar-refractivity contribution is 5.74. The molecule has 0 spiro atoms. The van der Waals surface area contributed by atoms with E-state index in [-0.39, 0.29) is 18.3 Å². The van der Waals surface area contributed by atoms with Crippen molar-refractivity contribution in [2.24, 2.45) is 11.8 Å². The van der Waals surface area contributed by atoms with E-state index in [0.717, 1.165) is 0 Å². The highest BCUT2D eigenvalue weighted by Crippen LogP contribution is 2.36. The van der Waals surface area contributed by atoms with Gasteiger partial charge in [-0.25, -0.2) is 4.39 Å². The Morgan fingerprint density at radius 2 is 2.05 bits per heavy atom. The predicted molar refractivity (Wildman–Crippen MR) is 77.5 cm³/mol. The lowest BCUT2D eigenvalue weighted by Gasteiger charge is -2.34. The average Bonchev–Trinajstić information content (AvgIpc) is 2.38. The van der Waals surface area contributed by atoms with E-state index in [2.05, 4.69) is 0 Å². The Hall–Kier alpha value is -1.62. The van der Waals surface area contributed by atoms with Crippen LogP contribution in [-0.2, 0) is 15.1 Å². The van der Waals surface area contributed by atoms with Crippen LogP contribution in [0, 0.1) is 17.7 Å². The van der Waals surface area contributed by atoms with Gasteiger partial charge in [0.05, 0.1) is 19.6 Å². The topological polar surface area (TPSA) is 55.8 Å². The lowest BCUT2D eigenvalue weighted by Crippen LogP contribution is -2.41. The maximum atomic E-state index is 13.8. The van der Waals surface area contributed by atoms with Crippen LogP contribution in [0.1, 0.15) is 33.3 Å². The van der Waals surface area contributed by atoms with Crippen molar-refractivity contribution in [2.45, 2.75) is 33.3 Å². The highest BCUT2D eigenvalue weighted by atomic mass is 19.1. The molecule has 1 N–H and O–H groups in total. The molecule has 0 heterocycles. The molecule has 2 atom stereocenters. The zero-order chi connectivity index (χ0) is 16.2. The molecule has 2 unspecified atom stereocenters. The third-order valence-electron chi connectivity index (χ3n) is 3.55. The first-order valence-corrected chi connectivity index (χ1v) is 6.98. The minimum absolute atomic E-state index is 0.0896. The van der Waals surface area contributed by atoms with Gasteiger partial charge in [-0.15, -0.1) is 0 Å². The molecule has 0 saturated heterocycles. The normalized spacial score (nSPS) is 15.4. The van der Waals surface area contributed by atoms with Crippen LogP contribution in [0.25, 0.3) is 0 Å². The van der Waals surface area contributed by atoms with Crippen LogP contribution in [0.3, 0.4) is 0 Å². The number of hydrogen-bond donors (Lipinski definition) is 1. The fraction of sp³-hybridized carbons (Fsp3) is 0.562. The molecular weight excluding hydrogens is 275 g/mol. The first-order valence-electron chi connectivity index (χ1n) is 6.98. The zero-order valence-corrected chi connectivity index (χ0v) is 13.1. The molecule has 0 bridgehead atoms. The fourth-order valence-corrected chi connectivity index (χ4v) is 2.54. The number of rotatable bonds is 6. The summed E-state index contributed by atoms with van der Waals surface area (Å²) in [5.74, 6) is -1.93. The van der Waals surface area contributed by atoms with Crippen molar-refractivity contribution in [1.29, 1.82) is 0 Å². The Kier molecular flexibility index (Phi) is 5.72. The molecule has 0 saturated carbocycles. The lowest BCUT2D eigenvalue weighted by atomic mass is 9.76. The van der Waals surface area contributed by atoms with Crippen molar-refractivity contribution >= 4 is 5.97 Å². The quantitative estimate of drug-likeness (QED) is 0.821. The molecule has 0 aliphatic carbocycles. The summed E-state index contributed by atoms with van der Waals surface area (Å²) in [6.45, 7) is 7.06. The van der Waals surface area contributed by atoms with Crippen molar-refractivity contribution < 1.29 is 23.8 Å².